The third-order valence-corrected chi connectivity index (χ3v) is 2.75. The number of halogens is 1. The van der Waals surface area contributed by atoms with Crippen molar-refractivity contribution in [2.75, 3.05) is 25.6 Å². The fourth-order valence-corrected chi connectivity index (χ4v) is 1.69. The molecule has 6 nitrogen and oxygen atoms in total. The van der Waals surface area contributed by atoms with Gasteiger partial charge in [0.25, 0.3) is 0 Å². The van der Waals surface area contributed by atoms with E-state index in [0.717, 1.165) is 0 Å². The zero-order valence-electron chi connectivity index (χ0n) is 11.8. The number of anilines is 1. The zero-order chi connectivity index (χ0) is 15.7. The van der Waals surface area contributed by atoms with E-state index in [2.05, 4.69) is 10.6 Å². The Kier molecular flexibility index (Phi) is 7.34. The zero-order valence-corrected chi connectivity index (χ0v) is 11.8. The minimum Gasteiger partial charge on any atom is -0.480 e. The number of methoxy groups -OCH3 is 1. The van der Waals surface area contributed by atoms with Crippen LogP contribution in [0.3, 0.4) is 0 Å². The molecule has 0 aromatic heterocycles. The molecule has 0 heterocycles. The van der Waals surface area contributed by atoms with E-state index in [1.807, 2.05) is 0 Å². The van der Waals surface area contributed by atoms with E-state index in [9.17, 15) is 14.0 Å². The summed E-state index contributed by atoms with van der Waals surface area (Å²) in [6, 6.07) is 4.69. The fraction of sp³-hybridized carbons (Fsp3) is 0.429. The first-order valence-electron chi connectivity index (χ1n) is 6.54. The summed E-state index contributed by atoms with van der Waals surface area (Å²) in [5.74, 6) is -2.26. The van der Waals surface area contributed by atoms with Crippen LogP contribution in [-0.4, -0.2) is 43.3 Å². The summed E-state index contributed by atoms with van der Waals surface area (Å²) in [4.78, 5) is 22.8. The van der Waals surface area contributed by atoms with Crippen LogP contribution in [0.25, 0.3) is 0 Å². The maximum absolute atomic E-state index is 13.4. The van der Waals surface area contributed by atoms with E-state index in [1.54, 1.807) is 13.2 Å². The van der Waals surface area contributed by atoms with Crippen molar-refractivity contribution in [3.63, 3.8) is 0 Å². The minimum absolute atomic E-state index is 0.0334. The van der Waals surface area contributed by atoms with Gasteiger partial charge >= 0.3 is 5.97 Å². The highest BCUT2D eigenvalue weighted by Crippen LogP contribution is 2.12. The summed E-state index contributed by atoms with van der Waals surface area (Å²) < 4.78 is 18.2. The molecule has 1 aromatic carbocycles. The topological polar surface area (TPSA) is 87.7 Å². The number of hydrogen-bond donors (Lipinski definition) is 3. The minimum atomic E-state index is -1.13. The van der Waals surface area contributed by atoms with Crippen molar-refractivity contribution in [1.29, 1.82) is 0 Å². The molecule has 0 radical (unpaired) electrons. The molecule has 0 saturated heterocycles. The quantitative estimate of drug-likeness (QED) is 0.597. The van der Waals surface area contributed by atoms with Crippen molar-refractivity contribution in [3.8, 4) is 0 Å². The van der Waals surface area contributed by atoms with Crippen LogP contribution < -0.4 is 10.6 Å². The number of carboxylic acid groups (broad SMARTS) is 1. The number of amides is 1. The van der Waals surface area contributed by atoms with Crippen molar-refractivity contribution < 1.29 is 23.8 Å². The first-order valence-corrected chi connectivity index (χ1v) is 6.54. The van der Waals surface area contributed by atoms with E-state index >= 15 is 0 Å². The van der Waals surface area contributed by atoms with Gasteiger partial charge in [0.2, 0.25) is 5.91 Å². The molecule has 0 fully saturated rings. The molecule has 0 aliphatic carbocycles. The standard InChI is InChI=1S/C14H19FN2O4/c1-21-8-4-7-16-12(14(19)20)9-13(18)17-11-6-3-2-5-10(11)15/h2-3,5-6,12,16H,4,7-9H2,1H3,(H,17,18)(H,19,20)/t12-/m0/s1. The van der Waals surface area contributed by atoms with Gasteiger partial charge in [0.15, 0.2) is 0 Å². The summed E-state index contributed by atoms with van der Waals surface area (Å²) in [5, 5.41) is 14.2. The molecule has 1 amide bonds. The molecule has 7 heteroatoms. The highest BCUT2D eigenvalue weighted by Gasteiger charge is 2.20. The number of para-hydroxylation sites is 1. The van der Waals surface area contributed by atoms with E-state index in [0.29, 0.717) is 19.6 Å². The maximum Gasteiger partial charge on any atom is 0.321 e. The monoisotopic (exact) mass is 298 g/mol. The number of aliphatic carboxylic acids is 1. The predicted molar refractivity (Wildman–Crippen MR) is 75.6 cm³/mol. The summed E-state index contributed by atoms with van der Waals surface area (Å²) in [6.07, 6.45) is 0.353. The Morgan fingerprint density at radius 1 is 1.38 bits per heavy atom. The smallest absolute Gasteiger partial charge is 0.321 e. The van der Waals surface area contributed by atoms with Gasteiger partial charge in [-0.1, -0.05) is 12.1 Å². The second-order valence-corrected chi connectivity index (χ2v) is 4.42. The second-order valence-electron chi connectivity index (χ2n) is 4.42. The fourth-order valence-electron chi connectivity index (χ4n) is 1.69. The van der Waals surface area contributed by atoms with E-state index in [4.69, 9.17) is 9.84 Å². The molecule has 0 spiro atoms. The number of carboxylic acids is 1. The van der Waals surface area contributed by atoms with Crippen LogP contribution in [0, 0.1) is 5.82 Å². The number of rotatable bonds is 9. The highest BCUT2D eigenvalue weighted by atomic mass is 19.1. The number of carbonyl (C=O) groups excluding carboxylic acids is 1. The van der Waals surface area contributed by atoms with Crippen LogP contribution >= 0.6 is 0 Å². The molecule has 116 valence electrons. The Labute approximate surface area is 122 Å². The second kappa shape index (κ2) is 9.04. The Bertz CT molecular complexity index is 482. The number of carbonyl (C=O) groups is 2. The molecule has 0 bridgehead atoms. The number of nitrogens with one attached hydrogen (secondary N) is 2. The van der Waals surface area contributed by atoms with Crippen LogP contribution in [0.2, 0.25) is 0 Å². The Morgan fingerprint density at radius 2 is 2.10 bits per heavy atom. The summed E-state index contributed by atoms with van der Waals surface area (Å²) in [7, 11) is 1.55. The number of hydrogen-bond acceptors (Lipinski definition) is 4. The van der Waals surface area contributed by atoms with Crippen LogP contribution in [0.5, 0.6) is 0 Å². The van der Waals surface area contributed by atoms with E-state index < -0.39 is 23.7 Å². The Morgan fingerprint density at radius 3 is 2.71 bits per heavy atom. The van der Waals surface area contributed by atoms with Crippen molar-refractivity contribution in [1.82, 2.24) is 5.32 Å². The Hall–Kier alpha value is -1.99. The van der Waals surface area contributed by atoms with Crippen LogP contribution in [-0.2, 0) is 14.3 Å². The summed E-state index contributed by atoms with van der Waals surface area (Å²) in [5.41, 5.74) is 0.0334. The average molecular weight is 298 g/mol. The van der Waals surface area contributed by atoms with Gasteiger partial charge in [0, 0.05) is 13.7 Å². The van der Waals surface area contributed by atoms with Crippen LogP contribution in [0.4, 0.5) is 10.1 Å². The van der Waals surface area contributed by atoms with Gasteiger partial charge < -0.3 is 20.5 Å². The molecule has 0 aliphatic rings. The van der Waals surface area contributed by atoms with Crippen molar-refractivity contribution in [2.45, 2.75) is 18.9 Å². The molecule has 0 unspecified atom stereocenters. The van der Waals surface area contributed by atoms with Crippen molar-refractivity contribution >= 4 is 17.6 Å². The highest BCUT2D eigenvalue weighted by molar-refractivity contribution is 5.94. The van der Waals surface area contributed by atoms with E-state index in [1.165, 1.54) is 18.2 Å². The average Bonchev–Trinajstić information content (AvgIpc) is 2.44. The first kappa shape index (κ1) is 17.1. The third-order valence-electron chi connectivity index (χ3n) is 2.75. The van der Waals surface area contributed by atoms with Crippen molar-refractivity contribution in [3.05, 3.63) is 30.1 Å². The Balaban J connectivity index is 2.49. The molecular weight excluding hydrogens is 279 g/mol. The number of ether oxygens (including phenoxy) is 1. The lowest BCUT2D eigenvalue weighted by Gasteiger charge is -2.14. The molecule has 3 N–H and O–H groups in total. The molecule has 0 aliphatic heterocycles. The lowest BCUT2D eigenvalue weighted by molar-refractivity contribution is -0.141. The maximum atomic E-state index is 13.4. The first-order chi connectivity index (χ1) is 10.0. The SMILES string of the molecule is COCCCN[C@@H](CC(=O)Nc1ccccc1F)C(=O)O. The number of benzene rings is 1. The lowest BCUT2D eigenvalue weighted by atomic mass is 10.2. The van der Waals surface area contributed by atoms with Crippen LogP contribution in [0.15, 0.2) is 24.3 Å². The summed E-state index contributed by atoms with van der Waals surface area (Å²) in [6.45, 7) is 0.915. The van der Waals surface area contributed by atoms with Gasteiger partial charge in [-0.05, 0) is 25.1 Å². The predicted octanol–water partition coefficient (Wildman–Crippen LogP) is 1.23. The van der Waals surface area contributed by atoms with Gasteiger partial charge in [0.1, 0.15) is 11.9 Å². The van der Waals surface area contributed by atoms with Gasteiger partial charge in [-0.15, -0.1) is 0 Å². The summed E-state index contributed by atoms with van der Waals surface area (Å²) >= 11 is 0. The van der Waals surface area contributed by atoms with Gasteiger partial charge in [-0.2, -0.15) is 0 Å². The van der Waals surface area contributed by atoms with Gasteiger partial charge in [0.05, 0.1) is 12.1 Å². The lowest BCUT2D eigenvalue weighted by Crippen LogP contribution is -2.40. The van der Waals surface area contributed by atoms with Crippen LogP contribution in [0.1, 0.15) is 12.8 Å². The largest absolute Gasteiger partial charge is 0.480 e. The molecule has 1 atom stereocenters. The van der Waals surface area contributed by atoms with Gasteiger partial charge in [-0.3, -0.25) is 9.59 Å². The molecule has 21 heavy (non-hydrogen) atoms. The van der Waals surface area contributed by atoms with E-state index in [-0.39, 0.29) is 12.1 Å². The molecule has 1 rings (SSSR count). The third kappa shape index (κ3) is 6.33. The van der Waals surface area contributed by atoms with Crippen molar-refractivity contribution in [2.24, 2.45) is 0 Å². The normalized spacial score (nSPS) is 11.9. The molecule has 0 saturated carbocycles. The molecular formula is C14H19FN2O4. The molecule has 1 aromatic rings. The van der Waals surface area contributed by atoms with Gasteiger partial charge in [-0.25, -0.2) is 4.39 Å².